The first-order valence-corrected chi connectivity index (χ1v) is 13.5. The summed E-state index contributed by atoms with van der Waals surface area (Å²) in [6.07, 6.45) is 2.33. The van der Waals surface area contributed by atoms with Crippen LogP contribution in [0.3, 0.4) is 0 Å². The van der Waals surface area contributed by atoms with Gasteiger partial charge in [-0.2, -0.15) is 0 Å². The molecule has 1 amide bonds. The molecule has 196 valence electrons. The monoisotopic (exact) mass is 520 g/mol. The van der Waals surface area contributed by atoms with Crippen LogP contribution in [0.2, 0.25) is 5.02 Å². The molecule has 6 heteroatoms. The third-order valence-corrected chi connectivity index (χ3v) is 7.43. The zero-order valence-corrected chi connectivity index (χ0v) is 23.1. The van der Waals surface area contributed by atoms with Crippen molar-refractivity contribution in [3.63, 3.8) is 0 Å². The summed E-state index contributed by atoms with van der Waals surface area (Å²) in [5.41, 5.74) is 4.86. The van der Waals surface area contributed by atoms with Gasteiger partial charge in [-0.1, -0.05) is 50.9 Å². The van der Waals surface area contributed by atoms with E-state index in [0.29, 0.717) is 22.4 Å². The van der Waals surface area contributed by atoms with E-state index in [1.807, 2.05) is 72.5 Å². The molecular formula is C31H37ClN2O3. The summed E-state index contributed by atoms with van der Waals surface area (Å²) in [5, 5.41) is 4.15. The Morgan fingerprint density at radius 2 is 1.70 bits per heavy atom. The second-order valence-corrected chi connectivity index (χ2v) is 10.3. The predicted molar refractivity (Wildman–Crippen MR) is 152 cm³/mol. The maximum absolute atomic E-state index is 13.7. The molecule has 0 aromatic heterocycles. The Kier molecular flexibility index (Phi) is 8.65. The molecule has 1 aliphatic heterocycles. The van der Waals surface area contributed by atoms with Crippen molar-refractivity contribution in [2.45, 2.75) is 59.1 Å². The minimum atomic E-state index is -0.322. The molecule has 37 heavy (non-hydrogen) atoms. The van der Waals surface area contributed by atoms with Gasteiger partial charge in [-0.25, -0.2) is 0 Å². The van der Waals surface area contributed by atoms with Crippen molar-refractivity contribution >= 4 is 28.9 Å². The first-order chi connectivity index (χ1) is 17.8. The van der Waals surface area contributed by atoms with Crippen molar-refractivity contribution in [2.75, 3.05) is 23.9 Å². The Hall–Kier alpha value is -3.18. The van der Waals surface area contributed by atoms with Crippen LogP contribution in [0.4, 0.5) is 11.4 Å². The number of rotatable bonds is 10. The molecule has 3 aromatic carbocycles. The van der Waals surface area contributed by atoms with Gasteiger partial charge in [0.2, 0.25) is 5.91 Å². The van der Waals surface area contributed by atoms with Gasteiger partial charge in [0, 0.05) is 22.9 Å². The smallest absolute Gasteiger partial charge is 0.232 e. The van der Waals surface area contributed by atoms with E-state index in [4.69, 9.17) is 21.1 Å². The normalized spacial score (nSPS) is 16.6. The summed E-state index contributed by atoms with van der Waals surface area (Å²) in [5.74, 6) is 1.96. The standard InChI is InChI=1S/C31H37ClN2O3/c1-6-20(3)19-33-25-12-14-26(15-13-25)34-30(35)17-23-16-28(36-5)29(37-21(4)7-2)18-27(23)31(34)22-8-10-24(32)11-9-22/h8-16,18,20-21,31,33H,6-7,17,19H2,1-5H3/t20?,21-,31?/m1/s1. The number of ether oxygens (including phenoxy) is 2. The van der Waals surface area contributed by atoms with Crippen LogP contribution in [0, 0.1) is 5.92 Å². The number of hydrogen-bond acceptors (Lipinski definition) is 4. The second-order valence-electron chi connectivity index (χ2n) is 9.87. The number of nitrogens with one attached hydrogen (secondary N) is 1. The summed E-state index contributed by atoms with van der Waals surface area (Å²) in [6.45, 7) is 9.48. The van der Waals surface area contributed by atoms with Crippen molar-refractivity contribution in [2.24, 2.45) is 5.92 Å². The summed E-state index contributed by atoms with van der Waals surface area (Å²) >= 11 is 6.23. The quantitative estimate of drug-likeness (QED) is 0.298. The number of carbonyl (C=O) groups is 1. The van der Waals surface area contributed by atoms with E-state index in [0.717, 1.165) is 47.5 Å². The molecule has 3 aromatic rings. The Balaban J connectivity index is 1.78. The highest BCUT2D eigenvalue weighted by atomic mass is 35.5. The van der Waals surface area contributed by atoms with Crippen molar-refractivity contribution in [3.8, 4) is 11.5 Å². The second kappa shape index (κ2) is 11.9. The van der Waals surface area contributed by atoms with Crippen LogP contribution in [0.25, 0.3) is 0 Å². The molecule has 0 aliphatic carbocycles. The number of halogens is 1. The average Bonchev–Trinajstić information content (AvgIpc) is 2.91. The van der Waals surface area contributed by atoms with Gasteiger partial charge in [0.05, 0.1) is 25.7 Å². The molecule has 0 spiro atoms. The van der Waals surface area contributed by atoms with E-state index >= 15 is 0 Å². The number of fused-ring (bicyclic) bond motifs is 1. The molecular weight excluding hydrogens is 484 g/mol. The number of amides is 1. The molecule has 0 saturated heterocycles. The fourth-order valence-electron chi connectivity index (χ4n) is 4.55. The molecule has 1 N–H and O–H groups in total. The highest BCUT2D eigenvalue weighted by molar-refractivity contribution is 6.30. The lowest BCUT2D eigenvalue weighted by molar-refractivity contribution is -0.118. The van der Waals surface area contributed by atoms with Gasteiger partial charge >= 0.3 is 0 Å². The van der Waals surface area contributed by atoms with E-state index in [2.05, 4.69) is 26.1 Å². The number of benzene rings is 3. The average molecular weight is 521 g/mol. The first-order valence-electron chi connectivity index (χ1n) is 13.1. The van der Waals surface area contributed by atoms with Crippen molar-refractivity contribution in [1.29, 1.82) is 0 Å². The molecule has 2 unspecified atom stereocenters. The third kappa shape index (κ3) is 6.04. The lowest BCUT2D eigenvalue weighted by Gasteiger charge is -2.38. The Bertz CT molecular complexity index is 1210. The van der Waals surface area contributed by atoms with E-state index in [1.165, 1.54) is 0 Å². The van der Waals surface area contributed by atoms with Gasteiger partial charge in [-0.3, -0.25) is 4.79 Å². The zero-order chi connectivity index (χ0) is 26.5. The molecule has 0 fully saturated rings. The number of methoxy groups -OCH3 is 1. The van der Waals surface area contributed by atoms with Crippen LogP contribution in [0.15, 0.2) is 60.7 Å². The fraction of sp³-hybridized carbons (Fsp3) is 0.387. The summed E-state index contributed by atoms with van der Waals surface area (Å²) in [4.78, 5) is 15.6. The van der Waals surface area contributed by atoms with Crippen molar-refractivity contribution in [1.82, 2.24) is 0 Å². The van der Waals surface area contributed by atoms with Crippen LogP contribution < -0.4 is 19.7 Å². The number of hydrogen-bond donors (Lipinski definition) is 1. The maximum atomic E-state index is 13.7. The highest BCUT2D eigenvalue weighted by Gasteiger charge is 2.36. The SMILES string of the molecule is CCC(C)CNc1ccc(N2C(=O)Cc3cc(OC)c(O[C@H](C)CC)cc3C2c2ccc(Cl)cc2)cc1. The molecule has 5 nitrogen and oxygen atoms in total. The minimum Gasteiger partial charge on any atom is -0.493 e. The number of anilines is 2. The van der Waals surface area contributed by atoms with E-state index in [1.54, 1.807) is 7.11 Å². The third-order valence-electron chi connectivity index (χ3n) is 7.17. The van der Waals surface area contributed by atoms with Crippen LogP contribution in [0.5, 0.6) is 11.5 Å². The highest BCUT2D eigenvalue weighted by Crippen LogP contribution is 2.44. The van der Waals surface area contributed by atoms with Gasteiger partial charge in [-0.15, -0.1) is 0 Å². The van der Waals surface area contributed by atoms with Crippen LogP contribution >= 0.6 is 11.6 Å². The Morgan fingerprint density at radius 3 is 2.32 bits per heavy atom. The number of carbonyl (C=O) groups excluding carboxylic acids is 1. The predicted octanol–water partition coefficient (Wildman–Crippen LogP) is 7.66. The molecule has 1 aliphatic rings. The van der Waals surface area contributed by atoms with Gasteiger partial charge in [-0.05, 0) is 84.5 Å². The lowest BCUT2D eigenvalue weighted by atomic mass is 9.86. The van der Waals surface area contributed by atoms with Crippen LogP contribution in [0.1, 0.15) is 63.3 Å². The summed E-state index contributed by atoms with van der Waals surface area (Å²) < 4.78 is 11.9. The molecule has 3 atom stereocenters. The zero-order valence-electron chi connectivity index (χ0n) is 22.4. The minimum absolute atomic E-state index is 0.0328. The molecule has 0 radical (unpaired) electrons. The fourth-order valence-corrected chi connectivity index (χ4v) is 4.68. The van der Waals surface area contributed by atoms with Gasteiger partial charge in [0.15, 0.2) is 11.5 Å². The summed E-state index contributed by atoms with van der Waals surface area (Å²) in [6, 6.07) is 19.5. The van der Waals surface area contributed by atoms with Gasteiger partial charge < -0.3 is 19.7 Å². The largest absolute Gasteiger partial charge is 0.493 e. The topological polar surface area (TPSA) is 50.8 Å². The van der Waals surface area contributed by atoms with Crippen molar-refractivity contribution < 1.29 is 14.3 Å². The van der Waals surface area contributed by atoms with E-state index in [9.17, 15) is 4.79 Å². The molecule has 1 heterocycles. The lowest BCUT2D eigenvalue weighted by Crippen LogP contribution is -2.41. The number of nitrogens with zero attached hydrogens (tertiary/aromatic N) is 1. The van der Waals surface area contributed by atoms with E-state index in [-0.39, 0.29) is 24.5 Å². The summed E-state index contributed by atoms with van der Waals surface area (Å²) in [7, 11) is 1.63. The van der Waals surface area contributed by atoms with Gasteiger partial charge in [0.25, 0.3) is 0 Å². The molecule has 0 bridgehead atoms. The first kappa shape index (κ1) is 26.9. The van der Waals surface area contributed by atoms with Crippen LogP contribution in [-0.2, 0) is 11.2 Å². The maximum Gasteiger partial charge on any atom is 0.232 e. The Labute approximate surface area is 225 Å². The molecule has 4 rings (SSSR count). The van der Waals surface area contributed by atoms with Gasteiger partial charge in [0.1, 0.15) is 0 Å². The molecule has 0 saturated carbocycles. The van der Waals surface area contributed by atoms with Crippen LogP contribution in [-0.4, -0.2) is 25.7 Å². The Morgan fingerprint density at radius 1 is 1.00 bits per heavy atom. The van der Waals surface area contributed by atoms with Crippen molar-refractivity contribution in [3.05, 3.63) is 82.4 Å². The van der Waals surface area contributed by atoms with E-state index < -0.39 is 0 Å².